The Labute approximate surface area is 157 Å². The zero-order valence-corrected chi connectivity index (χ0v) is 17.5. The molecular weight excluding hydrogens is 405 g/mol. The van der Waals surface area contributed by atoms with E-state index in [1.54, 1.807) is 7.05 Å². The van der Waals surface area contributed by atoms with E-state index in [9.17, 15) is 0 Å². The molecule has 7 heteroatoms. The lowest BCUT2D eigenvalue weighted by atomic mass is 10.1. The summed E-state index contributed by atoms with van der Waals surface area (Å²) >= 11 is 0. The molecule has 1 aromatic heterocycles. The van der Waals surface area contributed by atoms with Crippen LogP contribution in [0.5, 0.6) is 0 Å². The van der Waals surface area contributed by atoms with Gasteiger partial charge in [0.25, 0.3) is 0 Å². The summed E-state index contributed by atoms with van der Waals surface area (Å²) in [7, 11) is 1.77. The molecule has 2 N–H and O–H groups in total. The minimum absolute atomic E-state index is 0. The Morgan fingerprint density at radius 2 is 2.00 bits per heavy atom. The summed E-state index contributed by atoms with van der Waals surface area (Å²) in [5.74, 6) is 1.98. The molecule has 0 saturated carbocycles. The van der Waals surface area contributed by atoms with Crippen LogP contribution in [0.4, 0.5) is 0 Å². The van der Waals surface area contributed by atoms with Crippen molar-refractivity contribution in [2.45, 2.75) is 53.1 Å². The molecule has 134 valence electrons. The third-order valence-electron chi connectivity index (χ3n) is 3.65. The van der Waals surface area contributed by atoms with Crippen LogP contribution in [0.3, 0.4) is 0 Å². The Morgan fingerprint density at radius 1 is 1.30 bits per heavy atom. The quantitative estimate of drug-likeness (QED) is 0.372. The number of nitrogens with zero attached hydrogens (tertiary/aromatic N) is 3. The van der Waals surface area contributed by atoms with Crippen molar-refractivity contribution >= 4 is 29.9 Å². The lowest BCUT2D eigenvalue weighted by molar-refractivity contribution is 0.237. The first-order valence-electron chi connectivity index (χ1n) is 8.11. The molecule has 6 nitrogen and oxygen atoms in total. The summed E-state index contributed by atoms with van der Waals surface area (Å²) in [4.78, 5) is 6.63. The second-order valence-corrected chi connectivity index (χ2v) is 5.95. The van der Waals surface area contributed by atoms with Crippen molar-refractivity contribution in [3.8, 4) is 0 Å². The van der Waals surface area contributed by atoms with Crippen LogP contribution in [-0.4, -0.2) is 48.7 Å². The molecule has 0 aliphatic rings. The van der Waals surface area contributed by atoms with Gasteiger partial charge in [-0.05, 0) is 26.3 Å². The number of rotatable bonds is 8. The van der Waals surface area contributed by atoms with E-state index < -0.39 is 0 Å². The Hall–Kier alpha value is -0.830. The van der Waals surface area contributed by atoms with Crippen molar-refractivity contribution in [2.75, 3.05) is 26.7 Å². The lowest BCUT2D eigenvalue weighted by Crippen LogP contribution is -2.42. The third kappa shape index (κ3) is 8.01. The highest BCUT2D eigenvalue weighted by Crippen LogP contribution is 2.13. The number of hydrogen-bond donors (Lipinski definition) is 2. The first-order valence-corrected chi connectivity index (χ1v) is 8.11. The fourth-order valence-corrected chi connectivity index (χ4v) is 2.18. The van der Waals surface area contributed by atoms with Crippen molar-refractivity contribution in [2.24, 2.45) is 4.99 Å². The zero-order chi connectivity index (χ0) is 16.5. The van der Waals surface area contributed by atoms with Crippen molar-refractivity contribution in [3.05, 3.63) is 17.5 Å². The van der Waals surface area contributed by atoms with Crippen LogP contribution in [-0.2, 0) is 6.54 Å². The second kappa shape index (κ2) is 11.7. The van der Waals surface area contributed by atoms with Crippen molar-refractivity contribution < 1.29 is 4.52 Å². The molecule has 1 rings (SSSR count). The van der Waals surface area contributed by atoms with Gasteiger partial charge in [-0.15, -0.1) is 24.0 Å². The predicted molar refractivity (Wildman–Crippen MR) is 107 cm³/mol. The van der Waals surface area contributed by atoms with Gasteiger partial charge in [-0.1, -0.05) is 25.9 Å². The van der Waals surface area contributed by atoms with Gasteiger partial charge >= 0.3 is 0 Å². The topological polar surface area (TPSA) is 65.7 Å². The minimum atomic E-state index is 0. The molecule has 0 aliphatic heterocycles. The average molecular weight is 437 g/mol. The van der Waals surface area contributed by atoms with Gasteiger partial charge in [-0.2, -0.15) is 0 Å². The van der Waals surface area contributed by atoms with E-state index in [0.29, 0.717) is 18.5 Å². The Morgan fingerprint density at radius 3 is 2.48 bits per heavy atom. The van der Waals surface area contributed by atoms with Crippen molar-refractivity contribution in [1.82, 2.24) is 20.7 Å². The van der Waals surface area contributed by atoms with Crippen LogP contribution in [0.15, 0.2) is 15.6 Å². The molecule has 0 bridgehead atoms. The van der Waals surface area contributed by atoms with Gasteiger partial charge in [0.1, 0.15) is 0 Å². The summed E-state index contributed by atoms with van der Waals surface area (Å²) < 4.78 is 5.31. The molecule has 0 amide bonds. The number of aliphatic imine (C=N–C) groups is 1. The number of aromatic nitrogens is 1. The maximum absolute atomic E-state index is 5.31. The number of halogens is 1. The molecule has 0 unspecified atom stereocenters. The van der Waals surface area contributed by atoms with Crippen molar-refractivity contribution in [1.29, 1.82) is 0 Å². The maximum atomic E-state index is 5.31. The van der Waals surface area contributed by atoms with E-state index in [-0.39, 0.29) is 24.0 Å². The predicted octanol–water partition coefficient (Wildman–Crippen LogP) is 2.81. The van der Waals surface area contributed by atoms with Gasteiger partial charge in [0.05, 0.1) is 12.2 Å². The maximum Gasteiger partial charge on any atom is 0.191 e. The van der Waals surface area contributed by atoms with Crippen LogP contribution < -0.4 is 10.6 Å². The Balaban J connectivity index is 0.00000484. The minimum Gasteiger partial charge on any atom is -0.359 e. The smallest absolute Gasteiger partial charge is 0.191 e. The first kappa shape index (κ1) is 22.2. The van der Waals surface area contributed by atoms with Gasteiger partial charge in [0.2, 0.25) is 0 Å². The molecule has 0 aliphatic carbocycles. The largest absolute Gasteiger partial charge is 0.359 e. The summed E-state index contributed by atoms with van der Waals surface area (Å²) in [5, 5.41) is 10.6. The van der Waals surface area contributed by atoms with Crippen LogP contribution in [0.25, 0.3) is 0 Å². The van der Waals surface area contributed by atoms with Gasteiger partial charge in [-0.3, -0.25) is 9.89 Å². The van der Waals surface area contributed by atoms with Gasteiger partial charge in [0.15, 0.2) is 11.7 Å². The molecule has 0 saturated heterocycles. The molecule has 0 aromatic carbocycles. The van der Waals surface area contributed by atoms with Crippen LogP contribution in [0, 0.1) is 0 Å². The number of hydrogen-bond acceptors (Lipinski definition) is 4. The molecule has 0 fully saturated rings. The highest BCUT2D eigenvalue weighted by molar-refractivity contribution is 14.0. The highest BCUT2D eigenvalue weighted by atomic mass is 127. The van der Waals surface area contributed by atoms with Gasteiger partial charge < -0.3 is 15.2 Å². The Bertz CT molecular complexity index is 459. The molecule has 1 aromatic rings. The standard InChI is InChI=1S/C16H31N5O.HI/c1-7-21(13(4)5)9-8-18-16(17-6)19-11-14-10-15(12(2)3)20-22-14;/h10,12-13H,7-9,11H2,1-6H3,(H2,17,18,19);1H. The number of likely N-dealkylation sites (N-methyl/N-ethyl adjacent to an activating group) is 1. The second-order valence-electron chi connectivity index (χ2n) is 5.95. The lowest BCUT2D eigenvalue weighted by Gasteiger charge is -2.25. The summed E-state index contributed by atoms with van der Waals surface area (Å²) in [6.45, 7) is 14.3. The van der Waals surface area contributed by atoms with Crippen molar-refractivity contribution in [3.63, 3.8) is 0 Å². The van der Waals surface area contributed by atoms with E-state index >= 15 is 0 Å². The van der Waals surface area contributed by atoms with Crippen LogP contribution in [0.2, 0.25) is 0 Å². The Kier molecular flexibility index (Phi) is 11.2. The van der Waals surface area contributed by atoms with E-state index in [4.69, 9.17) is 4.52 Å². The zero-order valence-electron chi connectivity index (χ0n) is 15.2. The SMILES string of the molecule is CCN(CCNC(=NC)NCc1cc(C(C)C)no1)C(C)C.I. The number of nitrogens with one attached hydrogen (secondary N) is 2. The average Bonchev–Trinajstić information content (AvgIpc) is 2.95. The normalized spacial score (nSPS) is 12.0. The summed E-state index contributed by atoms with van der Waals surface area (Å²) in [6.07, 6.45) is 0. The van der Waals surface area contributed by atoms with Crippen LogP contribution >= 0.6 is 24.0 Å². The molecular formula is C16H32IN5O. The molecule has 23 heavy (non-hydrogen) atoms. The third-order valence-corrected chi connectivity index (χ3v) is 3.65. The summed E-state index contributed by atoms with van der Waals surface area (Å²) in [6, 6.07) is 2.55. The fraction of sp³-hybridized carbons (Fsp3) is 0.750. The van der Waals surface area contributed by atoms with Gasteiger partial charge in [-0.25, -0.2) is 0 Å². The van der Waals surface area contributed by atoms with Crippen LogP contribution in [0.1, 0.15) is 52.0 Å². The van der Waals surface area contributed by atoms with E-state index in [2.05, 4.69) is 60.3 Å². The monoisotopic (exact) mass is 437 g/mol. The first-order chi connectivity index (χ1) is 10.5. The van der Waals surface area contributed by atoms with E-state index in [1.165, 1.54) is 0 Å². The molecule has 0 spiro atoms. The highest BCUT2D eigenvalue weighted by Gasteiger charge is 2.09. The van der Waals surface area contributed by atoms with Gasteiger partial charge in [0, 0.05) is 32.2 Å². The molecule has 0 atom stereocenters. The molecule has 0 radical (unpaired) electrons. The number of guanidine groups is 1. The van der Waals surface area contributed by atoms with E-state index in [0.717, 1.165) is 37.0 Å². The summed E-state index contributed by atoms with van der Waals surface area (Å²) in [5.41, 5.74) is 0.982. The molecule has 1 heterocycles. The fourth-order valence-electron chi connectivity index (χ4n) is 2.18. The van der Waals surface area contributed by atoms with E-state index in [1.807, 2.05) is 6.07 Å².